The van der Waals surface area contributed by atoms with Gasteiger partial charge in [-0.05, 0) is 46.0 Å². The molecule has 2 aliphatic heterocycles. The Hall–Kier alpha value is -0.650. The first kappa shape index (κ1) is 16.2. The van der Waals surface area contributed by atoms with E-state index in [-0.39, 0.29) is 12.1 Å². The number of ether oxygens (including phenoxy) is 2. The molecule has 5 heteroatoms. The number of carbonyl (C=O) groups excluding carboxylic acids is 1. The summed E-state index contributed by atoms with van der Waals surface area (Å²) >= 11 is 0. The van der Waals surface area contributed by atoms with Crippen LogP contribution in [0.3, 0.4) is 0 Å². The Kier molecular flexibility index (Phi) is 5.05. The van der Waals surface area contributed by atoms with Gasteiger partial charge in [-0.1, -0.05) is 0 Å². The summed E-state index contributed by atoms with van der Waals surface area (Å²) in [7, 11) is 1.80. The largest absolute Gasteiger partial charge is 0.381 e. The van der Waals surface area contributed by atoms with Gasteiger partial charge in [-0.25, -0.2) is 0 Å². The summed E-state index contributed by atoms with van der Waals surface area (Å²) in [5.41, 5.74) is 0. The highest BCUT2D eigenvalue weighted by molar-refractivity contribution is 5.83. The highest BCUT2D eigenvalue weighted by Gasteiger charge is 2.44. The number of fused-ring (bicyclic) bond motifs is 1. The molecule has 0 spiro atoms. The van der Waals surface area contributed by atoms with Crippen molar-refractivity contribution in [2.45, 2.75) is 76.3 Å². The van der Waals surface area contributed by atoms with Crippen LogP contribution < -0.4 is 0 Å². The number of methoxy groups -OCH3 is 1. The van der Waals surface area contributed by atoms with E-state index < -0.39 is 0 Å². The molecule has 4 atom stereocenters. The fourth-order valence-corrected chi connectivity index (χ4v) is 4.40. The highest BCUT2D eigenvalue weighted by Crippen LogP contribution is 2.33. The van der Waals surface area contributed by atoms with Crippen molar-refractivity contribution >= 4 is 5.91 Å². The quantitative estimate of drug-likeness (QED) is 0.795. The minimum absolute atomic E-state index is 0.0446. The molecule has 3 rings (SSSR count). The summed E-state index contributed by atoms with van der Waals surface area (Å²) in [5.74, 6) is 0.321. The number of piperidine rings is 1. The van der Waals surface area contributed by atoms with Gasteiger partial charge in [0.05, 0.1) is 24.9 Å². The number of rotatable bonds is 3. The molecule has 0 aromatic rings. The Balaban J connectivity index is 1.75. The zero-order valence-electron chi connectivity index (χ0n) is 14.2. The molecule has 0 unspecified atom stereocenters. The van der Waals surface area contributed by atoms with Gasteiger partial charge in [0.2, 0.25) is 5.91 Å². The van der Waals surface area contributed by atoms with Crippen LogP contribution >= 0.6 is 0 Å². The van der Waals surface area contributed by atoms with Crippen LogP contribution in [0.2, 0.25) is 0 Å². The average Bonchev–Trinajstić information content (AvgIpc) is 2.54. The Morgan fingerprint density at radius 2 is 2.05 bits per heavy atom. The predicted octanol–water partition coefficient (Wildman–Crippen LogP) is 1.65. The van der Waals surface area contributed by atoms with Crippen LogP contribution in [0, 0.1) is 0 Å². The number of morpholine rings is 1. The van der Waals surface area contributed by atoms with E-state index in [0.29, 0.717) is 24.1 Å². The number of carbonyl (C=O) groups is 1. The zero-order chi connectivity index (χ0) is 15.7. The van der Waals surface area contributed by atoms with E-state index in [0.717, 1.165) is 51.8 Å². The summed E-state index contributed by atoms with van der Waals surface area (Å²) < 4.78 is 11.6. The van der Waals surface area contributed by atoms with Gasteiger partial charge in [0.1, 0.15) is 0 Å². The van der Waals surface area contributed by atoms with E-state index in [1.165, 1.54) is 0 Å². The first-order valence-electron chi connectivity index (χ1n) is 8.82. The third-order valence-corrected chi connectivity index (χ3v) is 5.62. The third kappa shape index (κ3) is 3.03. The van der Waals surface area contributed by atoms with E-state index in [1.807, 2.05) is 0 Å². The van der Waals surface area contributed by atoms with Crippen LogP contribution in [0.15, 0.2) is 0 Å². The normalized spacial score (nSPS) is 37.5. The number of amides is 1. The summed E-state index contributed by atoms with van der Waals surface area (Å²) in [6.45, 7) is 6.77. The molecular formula is C17H30N2O3. The lowest BCUT2D eigenvalue weighted by Crippen LogP contribution is -2.63. The SMILES string of the molecule is CO[C@@H]1CC[C@@H]2OCCN([C@@H]3CCCN(C(C)C)C3=O)[C@@H]2C1. The topological polar surface area (TPSA) is 42.0 Å². The lowest BCUT2D eigenvalue weighted by Gasteiger charge is -2.50. The van der Waals surface area contributed by atoms with E-state index in [9.17, 15) is 4.79 Å². The Labute approximate surface area is 133 Å². The average molecular weight is 310 g/mol. The van der Waals surface area contributed by atoms with Crippen LogP contribution in [0.5, 0.6) is 0 Å². The molecule has 0 aromatic carbocycles. The van der Waals surface area contributed by atoms with Crippen molar-refractivity contribution < 1.29 is 14.3 Å². The van der Waals surface area contributed by atoms with E-state index in [4.69, 9.17) is 9.47 Å². The van der Waals surface area contributed by atoms with Gasteiger partial charge in [-0.2, -0.15) is 0 Å². The van der Waals surface area contributed by atoms with E-state index in [1.54, 1.807) is 7.11 Å². The first-order valence-corrected chi connectivity index (χ1v) is 8.82. The Morgan fingerprint density at radius 3 is 2.77 bits per heavy atom. The Bertz CT molecular complexity index is 401. The van der Waals surface area contributed by atoms with Crippen LogP contribution in [0.4, 0.5) is 0 Å². The van der Waals surface area contributed by atoms with Crippen molar-refractivity contribution in [2.75, 3.05) is 26.8 Å². The fraction of sp³-hybridized carbons (Fsp3) is 0.941. The summed E-state index contributed by atoms with van der Waals surface area (Å²) in [4.78, 5) is 17.4. The molecule has 1 saturated carbocycles. The molecule has 0 radical (unpaired) electrons. The molecule has 0 N–H and O–H groups in total. The maximum absolute atomic E-state index is 12.9. The number of likely N-dealkylation sites (tertiary alicyclic amines) is 1. The van der Waals surface area contributed by atoms with E-state index in [2.05, 4.69) is 23.6 Å². The third-order valence-electron chi connectivity index (χ3n) is 5.62. The van der Waals surface area contributed by atoms with Gasteiger partial charge in [-0.3, -0.25) is 9.69 Å². The first-order chi connectivity index (χ1) is 10.6. The van der Waals surface area contributed by atoms with Gasteiger partial charge in [-0.15, -0.1) is 0 Å². The molecule has 5 nitrogen and oxygen atoms in total. The van der Waals surface area contributed by atoms with Crippen molar-refractivity contribution in [1.82, 2.24) is 9.80 Å². The van der Waals surface area contributed by atoms with Crippen molar-refractivity contribution in [2.24, 2.45) is 0 Å². The molecule has 2 saturated heterocycles. The maximum Gasteiger partial charge on any atom is 0.240 e. The van der Waals surface area contributed by atoms with Gasteiger partial charge >= 0.3 is 0 Å². The summed E-state index contributed by atoms with van der Waals surface area (Å²) in [5, 5.41) is 0. The smallest absolute Gasteiger partial charge is 0.240 e. The van der Waals surface area contributed by atoms with Gasteiger partial charge in [0.15, 0.2) is 0 Å². The van der Waals surface area contributed by atoms with Crippen molar-refractivity contribution in [3.8, 4) is 0 Å². The molecule has 0 bridgehead atoms. The molecule has 3 fully saturated rings. The molecule has 126 valence electrons. The molecule has 0 aromatic heterocycles. The predicted molar refractivity (Wildman–Crippen MR) is 84.8 cm³/mol. The minimum atomic E-state index is 0.0446. The minimum Gasteiger partial charge on any atom is -0.381 e. The second kappa shape index (κ2) is 6.85. The Morgan fingerprint density at radius 1 is 1.23 bits per heavy atom. The van der Waals surface area contributed by atoms with Crippen molar-refractivity contribution in [3.05, 3.63) is 0 Å². The number of nitrogens with zero attached hydrogens (tertiary/aromatic N) is 2. The lowest BCUT2D eigenvalue weighted by atomic mass is 9.86. The second-order valence-electron chi connectivity index (χ2n) is 7.17. The van der Waals surface area contributed by atoms with Crippen molar-refractivity contribution in [3.63, 3.8) is 0 Å². The summed E-state index contributed by atoms with van der Waals surface area (Å²) in [6, 6.07) is 0.682. The summed E-state index contributed by atoms with van der Waals surface area (Å²) in [6.07, 6.45) is 5.80. The van der Waals surface area contributed by atoms with Gasteiger partial charge in [0, 0.05) is 32.3 Å². The molecular weight excluding hydrogens is 280 g/mol. The molecule has 1 amide bonds. The standard InChI is InChI=1S/C17H30N2O3/c1-12(2)18-8-4-5-14(17(18)20)19-9-10-22-16-7-6-13(21-3)11-15(16)19/h12-16H,4-11H2,1-3H3/t13-,14-,15-,16+/m1/s1. The lowest BCUT2D eigenvalue weighted by molar-refractivity contribution is -0.158. The van der Waals surface area contributed by atoms with Crippen LogP contribution in [-0.2, 0) is 14.3 Å². The number of hydrogen-bond acceptors (Lipinski definition) is 4. The van der Waals surface area contributed by atoms with E-state index >= 15 is 0 Å². The molecule has 3 aliphatic rings. The van der Waals surface area contributed by atoms with Gasteiger partial charge in [0.25, 0.3) is 0 Å². The second-order valence-corrected chi connectivity index (χ2v) is 7.17. The van der Waals surface area contributed by atoms with Crippen LogP contribution in [0.1, 0.15) is 46.0 Å². The molecule has 22 heavy (non-hydrogen) atoms. The maximum atomic E-state index is 12.9. The monoisotopic (exact) mass is 310 g/mol. The number of hydrogen-bond donors (Lipinski definition) is 0. The fourth-order valence-electron chi connectivity index (χ4n) is 4.40. The zero-order valence-corrected chi connectivity index (χ0v) is 14.2. The van der Waals surface area contributed by atoms with Gasteiger partial charge < -0.3 is 14.4 Å². The highest BCUT2D eigenvalue weighted by atomic mass is 16.5. The van der Waals surface area contributed by atoms with Crippen LogP contribution in [0.25, 0.3) is 0 Å². The van der Waals surface area contributed by atoms with Crippen LogP contribution in [-0.4, -0.2) is 72.8 Å². The van der Waals surface area contributed by atoms with Crippen molar-refractivity contribution in [1.29, 1.82) is 0 Å². The molecule has 1 aliphatic carbocycles. The molecule has 2 heterocycles.